The van der Waals surface area contributed by atoms with Crippen LogP contribution in [-0.2, 0) is 0 Å². The first-order valence-corrected chi connectivity index (χ1v) is 9.61. The van der Waals surface area contributed by atoms with Crippen LogP contribution in [0.5, 0.6) is 11.5 Å². The van der Waals surface area contributed by atoms with E-state index in [1.54, 1.807) is 13.0 Å². The lowest BCUT2D eigenvalue weighted by atomic mass is 10.00. The molecule has 1 aliphatic heterocycles. The molecule has 4 rings (SSSR count). The molecule has 3 aromatic rings. The summed E-state index contributed by atoms with van der Waals surface area (Å²) in [5, 5.41) is 11.0. The molecule has 1 atom stereocenters. The summed E-state index contributed by atoms with van der Waals surface area (Å²) in [7, 11) is 2.14. The lowest BCUT2D eigenvalue weighted by molar-refractivity contribution is 0.150. The number of fused-ring (bicyclic) bond motifs is 1. The zero-order valence-electron chi connectivity index (χ0n) is 16.4. The van der Waals surface area contributed by atoms with E-state index in [4.69, 9.17) is 13.6 Å². The third-order valence-electron chi connectivity index (χ3n) is 5.48. The standard InChI is InChI=1S/C22H25NO5/c1-13-20(24)14(2)22(25)28-21(13)19-9-16-6-7-17(10-18(16)27-19)26-12-15-5-4-8-23(3)11-15/h6-7,9-10,15,24H,4-5,8,11-12H2,1-3H3. The van der Waals surface area contributed by atoms with Crippen molar-refractivity contribution < 1.29 is 18.7 Å². The molecule has 148 valence electrons. The summed E-state index contributed by atoms with van der Waals surface area (Å²) in [5.41, 5.74) is 0.755. The van der Waals surface area contributed by atoms with Gasteiger partial charge in [0.15, 0.2) is 11.5 Å². The maximum Gasteiger partial charge on any atom is 0.343 e. The second-order valence-corrected chi connectivity index (χ2v) is 7.71. The summed E-state index contributed by atoms with van der Waals surface area (Å²) in [4.78, 5) is 14.3. The van der Waals surface area contributed by atoms with Gasteiger partial charge in [0.05, 0.1) is 12.2 Å². The van der Waals surface area contributed by atoms with Gasteiger partial charge in [0, 0.05) is 29.5 Å². The van der Waals surface area contributed by atoms with Crippen molar-refractivity contribution in [3.8, 4) is 23.0 Å². The maximum absolute atomic E-state index is 11.9. The molecular formula is C22H25NO5. The Morgan fingerprint density at radius 3 is 2.82 bits per heavy atom. The van der Waals surface area contributed by atoms with E-state index in [1.165, 1.54) is 19.8 Å². The van der Waals surface area contributed by atoms with E-state index >= 15 is 0 Å². The highest BCUT2D eigenvalue weighted by atomic mass is 16.5. The van der Waals surface area contributed by atoms with Gasteiger partial charge in [-0.3, -0.25) is 0 Å². The maximum atomic E-state index is 11.9. The van der Waals surface area contributed by atoms with E-state index < -0.39 is 5.63 Å². The van der Waals surface area contributed by atoms with Gasteiger partial charge >= 0.3 is 5.63 Å². The number of rotatable bonds is 4. The van der Waals surface area contributed by atoms with E-state index in [0.29, 0.717) is 29.4 Å². The third kappa shape index (κ3) is 3.52. The lowest BCUT2D eigenvalue weighted by Crippen LogP contribution is -2.34. The van der Waals surface area contributed by atoms with Crippen molar-refractivity contribution in [2.45, 2.75) is 26.7 Å². The molecule has 0 spiro atoms. The smallest absolute Gasteiger partial charge is 0.343 e. The fourth-order valence-corrected chi connectivity index (χ4v) is 3.80. The molecule has 1 aliphatic rings. The van der Waals surface area contributed by atoms with Crippen LogP contribution < -0.4 is 10.4 Å². The molecule has 0 aliphatic carbocycles. The molecule has 0 radical (unpaired) electrons. The minimum absolute atomic E-state index is 0.0619. The topological polar surface area (TPSA) is 76.0 Å². The van der Waals surface area contributed by atoms with Crippen molar-refractivity contribution in [3.05, 3.63) is 45.8 Å². The van der Waals surface area contributed by atoms with Crippen LogP contribution in [0.2, 0.25) is 0 Å². The van der Waals surface area contributed by atoms with Crippen molar-refractivity contribution in [1.29, 1.82) is 0 Å². The van der Waals surface area contributed by atoms with Crippen LogP contribution in [-0.4, -0.2) is 36.8 Å². The number of piperidine rings is 1. The highest BCUT2D eigenvalue weighted by molar-refractivity contribution is 5.83. The summed E-state index contributed by atoms with van der Waals surface area (Å²) >= 11 is 0. The van der Waals surface area contributed by atoms with Gasteiger partial charge in [-0.15, -0.1) is 0 Å². The van der Waals surface area contributed by atoms with Gasteiger partial charge in [-0.05, 0) is 58.5 Å². The monoisotopic (exact) mass is 383 g/mol. The second kappa shape index (κ2) is 7.36. The van der Waals surface area contributed by atoms with E-state index in [1.807, 2.05) is 18.2 Å². The van der Waals surface area contributed by atoms with Crippen LogP contribution in [0.25, 0.3) is 22.5 Å². The number of benzene rings is 1. The molecule has 3 heterocycles. The molecule has 0 bridgehead atoms. The lowest BCUT2D eigenvalue weighted by Gasteiger charge is -2.29. The molecule has 28 heavy (non-hydrogen) atoms. The first kappa shape index (κ1) is 18.6. The number of aromatic hydroxyl groups is 1. The molecule has 1 unspecified atom stereocenters. The fraction of sp³-hybridized carbons (Fsp3) is 0.409. The molecule has 1 saturated heterocycles. The Labute approximate surface area is 163 Å². The summed E-state index contributed by atoms with van der Waals surface area (Å²) in [6.45, 7) is 6.13. The second-order valence-electron chi connectivity index (χ2n) is 7.71. The number of nitrogens with zero attached hydrogens (tertiary/aromatic N) is 1. The van der Waals surface area contributed by atoms with Crippen molar-refractivity contribution in [2.75, 3.05) is 26.7 Å². The van der Waals surface area contributed by atoms with Crippen LogP contribution >= 0.6 is 0 Å². The van der Waals surface area contributed by atoms with Crippen LogP contribution in [0.15, 0.2) is 37.9 Å². The van der Waals surface area contributed by atoms with Gasteiger partial charge in [-0.2, -0.15) is 0 Å². The molecular weight excluding hydrogens is 358 g/mol. The normalized spacial score (nSPS) is 17.9. The highest BCUT2D eigenvalue weighted by Gasteiger charge is 2.19. The Morgan fingerprint density at radius 2 is 2.04 bits per heavy atom. The SMILES string of the molecule is Cc1c(-c2cc3ccc(OCC4CCCN(C)C4)cc3o2)oc(=O)c(C)c1O. The van der Waals surface area contributed by atoms with Crippen molar-refractivity contribution in [3.63, 3.8) is 0 Å². The summed E-state index contributed by atoms with van der Waals surface area (Å²) in [6, 6.07) is 7.50. The molecule has 1 aromatic carbocycles. The Kier molecular flexibility index (Phi) is 4.89. The van der Waals surface area contributed by atoms with E-state index in [0.717, 1.165) is 24.2 Å². The van der Waals surface area contributed by atoms with Crippen LogP contribution in [0, 0.1) is 19.8 Å². The average Bonchev–Trinajstić information content (AvgIpc) is 3.10. The predicted molar refractivity (Wildman–Crippen MR) is 107 cm³/mol. The number of ether oxygens (including phenoxy) is 1. The molecule has 0 amide bonds. The van der Waals surface area contributed by atoms with Gasteiger partial charge in [-0.25, -0.2) is 4.79 Å². The van der Waals surface area contributed by atoms with Gasteiger partial charge in [0.1, 0.15) is 17.1 Å². The van der Waals surface area contributed by atoms with Gasteiger partial charge < -0.3 is 23.6 Å². The quantitative estimate of drug-likeness (QED) is 0.731. The molecule has 6 nitrogen and oxygen atoms in total. The first-order valence-electron chi connectivity index (χ1n) is 9.61. The summed E-state index contributed by atoms with van der Waals surface area (Å²) in [5.74, 6) is 1.89. The Bertz CT molecular complexity index is 1060. The highest BCUT2D eigenvalue weighted by Crippen LogP contribution is 2.34. The molecule has 1 fully saturated rings. The van der Waals surface area contributed by atoms with E-state index in [-0.39, 0.29) is 17.1 Å². The summed E-state index contributed by atoms with van der Waals surface area (Å²) < 4.78 is 17.3. The Morgan fingerprint density at radius 1 is 1.21 bits per heavy atom. The predicted octanol–water partition coefficient (Wildman–Crippen LogP) is 4.10. The Hall–Kier alpha value is -2.73. The molecule has 6 heteroatoms. The minimum Gasteiger partial charge on any atom is -0.507 e. The number of likely N-dealkylation sites (tertiary alicyclic amines) is 1. The average molecular weight is 383 g/mol. The molecule has 1 N–H and O–H groups in total. The van der Waals surface area contributed by atoms with Crippen LogP contribution in [0.4, 0.5) is 0 Å². The first-order chi connectivity index (χ1) is 13.4. The summed E-state index contributed by atoms with van der Waals surface area (Å²) in [6.07, 6.45) is 2.39. The number of hydrogen-bond donors (Lipinski definition) is 1. The number of furan rings is 1. The zero-order chi connectivity index (χ0) is 19.8. The van der Waals surface area contributed by atoms with Gasteiger partial charge in [-0.1, -0.05) is 0 Å². The van der Waals surface area contributed by atoms with Crippen LogP contribution in [0.1, 0.15) is 24.0 Å². The van der Waals surface area contributed by atoms with Gasteiger partial charge in [0.2, 0.25) is 0 Å². The Balaban J connectivity index is 1.58. The minimum atomic E-state index is -0.569. The fourth-order valence-electron chi connectivity index (χ4n) is 3.80. The largest absolute Gasteiger partial charge is 0.507 e. The van der Waals surface area contributed by atoms with Crippen LogP contribution in [0.3, 0.4) is 0 Å². The molecule has 0 saturated carbocycles. The molecule has 2 aromatic heterocycles. The van der Waals surface area contributed by atoms with Crippen molar-refractivity contribution in [1.82, 2.24) is 4.90 Å². The third-order valence-corrected chi connectivity index (χ3v) is 5.48. The van der Waals surface area contributed by atoms with Crippen molar-refractivity contribution in [2.24, 2.45) is 5.92 Å². The van der Waals surface area contributed by atoms with E-state index in [9.17, 15) is 9.90 Å². The van der Waals surface area contributed by atoms with Crippen molar-refractivity contribution >= 4 is 11.0 Å². The number of hydrogen-bond acceptors (Lipinski definition) is 6. The van der Waals surface area contributed by atoms with E-state index in [2.05, 4.69) is 11.9 Å². The zero-order valence-corrected chi connectivity index (χ0v) is 16.4. The van der Waals surface area contributed by atoms with Gasteiger partial charge in [0.25, 0.3) is 0 Å².